The number of ether oxygens (including phenoxy) is 1. The molecule has 0 aliphatic rings. The SMILES string of the molecule is COc1ccc(C)cc1Nc1nccc(NCCc2ccc(Cl)cc2)n1. The van der Waals surface area contributed by atoms with Crippen molar-refractivity contribution in [1.82, 2.24) is 9.97 Å². The minimum Gasteiger partial charge on any atom is -0.495 e. The fraction of sp³-hybridized carbons (Fsp3) is 0.200. The van der Waals surface area contributed by atoms with E-state index in [4.69, 9.17) is 16.3 Å². The second-order valence-corrected chi connectivity index (χ2v) is 6.33. The fourth-order valence-corrected chi connectivity index (χ4v) is 2.67. The summed E-state index contributed by atoms with van der Waals surface area (Å²) in [7, 11) is 1.64. The van der Waals surface area contributed by atoms with Gasteiger partial charge in [0.05, 0.1) is 12.8 Å². The van der Waals surface area contributed by atoms with Crippen molar-refractivity contribution < 1.29 is 4.74 Å². The van der Waals surface area contributed by atoms with Gasteiger partial charge in [0.15, 0.2) is 0 Å². The van der Waals surface area contributed by atoms with Gasteiger partial charge in [-0.1, -0.05) is 29.8 Å². The number of halogens is 1. The lowest BCUT2D eigenvalue weighted by Gasteiger charge is -2.12. The van der Waals surface area contributed by atoms with Crippen molar-refractivity contribution in [2.24, 2.45) is 0 Å². The molecule has 0 saturated carbocycles. The molecule has 0 bridgehead atoms. The van der Waals surface area contributed by atoms with Crippen LogP contribution in [0.3, 0.4) is 0 Å². The van der Waals surface area contributed by atoms with E-state index in [1.54, 1.807) is 13.3 Å². The van der Waals surface area contributed by atoms with Crippen LogP contribution < -0.4 is 15.4 Å². The number of hydrogen-bond donors (Lipinski definition) is 2. The van der Waals surface area contributed by atoms with Gasteiger partial charge in [0, 0.05) is 17.8 Å². The van der Waals surface area contributed by atoms with Gasteiger partial charge in [0.2, 0.25) is 5.95 Å². The summed E-state index contributed by atoms with van der Waals surface area (Å²) < 4.78 is 5.38. The van der Waals surface area contributed by atoms with Crippen molar-refractivity contribution in [3.63, 3.8) is 0 Å². The molecule has 0 fully saturated rings. The van der Waals surface area contributed by atoms with Gasteiger partial charge in [-0.25, -0.2) is 4.98 Å². The van der Waals surface area contributed by atoms with Crippen LogP contribution in [0.2, 0.25) is 5.02 Å². The third-order valence-corrected chi connectivity index (χ3v) is 4.14. The summed E-state index contributed by atoms with van der Waals surface area (Å²) in [6.45, 7) is 2.80. The molecule has 3 aromatic rings. The van der Waals surface area contributed by atoms with Gasteiger partial charge in [-0.05, 0) is 54.8 Å². The van der Waals surface area contributed by atoms with Gasteiger partial charge < -0.3 is 15.4 Å². The summed E-state index contributed by atoms with van der Waals surface area (Å²) in [4.78, 5) is 8.79. The van der Waals surface area contributed by atoms with E-state index < -0.39 is 0 Å². The highest BCUT2D eigenvalue weighted by atomic mass is 35.5. The third-order valence-electron chi connectivity index (χ3n) is 3.89. The first kappa shape index (κ1) is 18.0. The molecule has 0 radical (unpaired) electrons. The Labute approximate surface area is 158 Å². The average molecular weight is 369 g/mol. The fourth-order valence-electron chi connectivity index (χ4n) is 2.54. The van der Waals surface area contributed by atoms with E-state index in [0.717, 1.165) is 40.8 Å². The molecule has 1 aromatic heterocycles. The smallest absolute Gasteiger partial charge is 0.229 e. The molecular formula is C20H21ClN4O. The molecule has 5 nitrogen and oxygen atoms in total. The van der Waals surface area contributed by atoms with Gasteiger partial charge in [-0.2, -0.15) is 4.98 Å². The Hall–Kier alpha value is -2.79. The van der Waals surface area contributed by atoms with E-state index >= 15 is 0 Å². The number of aromatic nitrogens is 2. The van der Waals surface area contributed by atoms with E-state index in [-0.39, 0.29) is 0 Å². The normalized spacial score (nSPS) is 10.4. The Balaban J connectivity index is 1.63. The summed E-state index contributed by atoms with van der Waals surface area (Å²) in [5.74, 6) is 2.04. The van der Waals surface area contributed by atoms with Crippen LogP contribution in [0.1, 0.15) is 11.1 Å². The van der Waals surface area contributed by atoms with Crippen LogP contribution in [0, 0.1) is 6.92 Å². The molecule has 26 heavy (non-hydrogen) atoms. The molecule has 3 rings (SSSR count). The Morgan fingerprint density at radius 3 is 2.65 bits per heavy atom. The molecule has 0 aliphatic heterocycles. The number of aryl methyl sites for hydroxylation is 1. The molecule has 0 saturated heterocycles. The second kappa shape index (κ2) is 8.54. The maximum atomic E-state index is 5.91. The maximum absolute atomic E-state index is 5.91. The van der Waals surface area contributed by atoms with Crippen LogP contribution in [0.4, 0.5) is 17.5 Å². The Kier molecular flexibility index (Phi) is 5.92. The van der Waals surface area contributed by atoms with Crippen molar-refractivity contribution in [3.05, 3.63) is 70.9 Å². The van der Waals surface area contributed by atoms with Crippen LogP contribution in [-0.4, -0.2) is 23.6 Å². The third kappa shape index (κ3) is 4.86. The van der Waals surface area contributed by atoms with Crippen molar-refractivity contribution in [2.45, 2.75) is 13.3 Å². The molecule has 2 aromatic carbocycles. The van der Waals surface area contributed by atoms with Crippen LogP contribution in [0.15, 0.2) is 54.7 Å². The first-order valence-electron chi connectivity index (χ1n) is 8.37. The molecule has 2 N–H and O–H groups in total. The number of nitrogens with one attached hydrogen (secondary N) is 2. The molecule has 0 spiro atoms. The average Bonchev–Trinajstić information content (AvgIpc) is 2.64. The van der Waals surface area contributed by atoms with Crippen LogP contribution in [-0.2, 0) is 6.42 Å². The number of hydrogen-bond acceptors (Lipinski definition) is 5. The zero-order valence-electron chi connectivity index (χ0n) is 14.8. The lowest BCUT2D eigenvalue weighted by Crippen LogP contribution is -2.08. The van der Waals surface area contributed by atoms with Gasteiger partial charge in [0.1, 0.15) is 11.6 Å². The van der Waals surface area contributed by atoms with Gasteiger partial charge in [-0.15, -0.1) is 0 Å². The Bertz CT molecular complexity index is 868. The minimum absolute atomic E-state index is 0.519. The highest BCUT2D eigenvalue weighted by Gasteiger charge is 2.06. The zero-order chi connectivity index (χ0) is 18.4. The van der Waals surface area contributed by atoms with Crippen LogP contribution in [0.25, 0.3) is 0 Å². The van der Waals surface area contributed by atoms with E-state index in [1.165, 1.54) is 5.56 Å². The largest absolute Gasteiger partial charge is 0.495 e. The van der Waals surface area contributed by atoms with E-state index in [2.05, 4.69) is 20.6 Å². The summed E-state index contributed by atoms with van der Waals surface area (Å²) in [6, 6.07) is 15.6. The standard InChI is InChI=1S/C20H21ClN4O/c1-14-3-8-18(26-2)17(13-14)24-20-23-12-10-19(25-20)22-11-9-15-4-6-16(21)7-5-15/h3-8,10,12-13H,9,11H2,1-2H3,(H2,22,23,24,25). The minimum atomic E-state index is 0.519. The van der Waals surface area contributed by atoms with E-state index in [1.807, 2.05) is 55.5 Å². The topological polar surface area (TPSA) is 59.1 Å². The molecule has 134 valence electrons. The predicted octanol–water partition coefficient (Wildman–Crippen LogP) is 4.85. The van der Waals surface area contributed by atoms with Crippen molar-refractivity contribution in [1.29, 1.82) is 0 Å². The van der Waals surface area contributed by atoms with Crippen LogP contribution in [0.5, 0.6) is 5.75 Å². The monoisotopic (exact) mass is 368 g/mol. The lowest BCUT2D eigenvalue weighted by molar-refractivity contribution is 0.416. The van der Waals surface area contributed by atoms with E-state index in [9.17, 15) is 0 Å². The summed E-state index contributed by atoms with van der Waals surface area (Å²) in [5, 5.41) is 7.29. The van der Waals surface area contributed by atoms with Crippen molar-refractivity contribution >= 4 is 29.1 Å². The second-order valence-electron chi connectivity index (χ2n) is 5.90. The number of anilines is 3. The molecule has 6 heteroatoms. The van der Waals surface area contributed by atoms with Gasteiger partial charge >= 0.3 is 0 Å². The van der Waals surface area contributed by atoms with E-state index in [0.29, 0.717) is 5.95 Å². The van der Waals surface area contributed by atoms with Gasteiger partial charge in [-0.3, -0.25) is 0 Å². The first-order valence-corrected chi connectivity index (χ1v) is 8.75. The molecule has 0 amide bonds. The van der Waals surface area contributed by atoms with Crippen LogP contribution >= 0.6 is 11.6 Å². The molecule has 0 atom stereocenters. The number of rotatable bonds is 7. The summed E-state index contributed by atoms with van der Waals surface area (Å²) >= 11 is 5.91. The Morgan fingerprint density at radius 1 is 1.08 bits per heavy atom. The molecule has 1 heterocycles. The zero-order valence-corrected chi connectivity index (χ0v) is 15.5. The highest BCUT2D eigenvalue weighted by molar-refractivity contribution is 6.30. The number of benzene rings is 2. The maximum Gasteiger partial charge on any atom is 0.229 e. The Morgan fingerprint density at radius 2 is 1.88 bits per heavy atom. The van der Waals surface area contributed by atoms with Crippen molar-refractivity contribution in [3.8, 4) is 5.75 Å². The van der Waals surface area contributed by atoms with Crippen molar-refractivity contribution in [2.75, 3.05) is 24.3 Å². The lowest BCUT2D eigenvalue weighted by atomic mass is 10.1. The molecular weight excluding hydrogens is 348 g/mol. The summed E-state index contributed by atoms with van der Waals surface area (Å²) in [5.41, 5.74) is 3.19. The number of nitrogens with zero attached hydrogens (tertiary/aromatic N) is 2. The molecule has 0 aliphatic carbocycles. The summed E-state index contributed by atoms with van der Waals surface area (Å²) in [6.07, 6.45) is 2.61. The predicted molar refractivity (Wildman–Crippen MR) is 107 cm³/mol. The quantitative estimate of drug-likeness (QED) is 0.624. The molecule has 0 unspecified atom stereocenters. The van der Waals surface area contributed by atoms with Gasteiger partial charge in [0.25, 0.3) is 0 Å². The first-order chi connectivity index (χ1) is 12.6. The highest BCUT2D eigenvalue weighted by Crippen LogP contribution is 2.27. The number of methoxy groups -OCH3 is 1.